The lowest BCUT2D eigenvalue weighted by Crippen LogP contribution is -2.25. The molecule has 0 amide bonds. The molecule has 1 saturated carbocycles. The van der Waals surface area contributed by atoms with Crippen LogP contribution in [-0.4, -0.2) is 25.9 Å². The van der Waals surface area contributed by atoms with Crippen LogP contribution in [-0.2, 0) is 0 Å². The van der Waals surface area contributed by atoms with Crippen LogP contribution in [0.4, 0.5) is 8.78 Å². The Morgan fingerprint density at radius 2 is 1.76 bits per heavy atom. The second-order valence-electron chi connectivity index (χ2n) is 7.24. The van der Waals surface area contributed by atoms with Gasteiger partial charge in [0.25, 0.3) is 6.43 Å². The highest BCUT2D eigenvalue weighted by Crippen LogP contribution is 2.35. The maximum atomic E-state index is 12.6. The van der Waals surface area contributed by atoms with E-state index >= 15 is 0 Å². The molecular weight excluding hydrogens is 398 g/mol. The van der Waals surface area contributed by atoms with Gasteiger partial charge in [-0.05, 0) is 62.9 Å². The average Bonchev–Trinajstić information content (AvgIpc) is 3.11. The van der Waals surface area contributed by atoms with Crippen LogP contribution in [0.2, 0.25) is 5.02 Å². The molecule has 4 rings (SSSR count). The number of nitrogens with zero attached hydrogens (tertiary/aromatic N) is 4. The highest BCUT2D eigenvalue weighted by atomic mass is 35.5. The molecule has 8 heteroatoms. The number of benzene rings is 1. The summed E-state index contributed by atoms with van der Waals surface area (Å²) in [5.41, 5.74) is 0.895. The topological polar surface area (TPSA) is 52.8 Å². The largest absolute Gasteiger partial charge is 0.474 e. The van der Waals surface area contributed by atoms with E-state index in [0.717, 1.165) is 43.0 Å². The molecule has 1 fully saturated rings. The van der Waals surface area contributed by atoms with Gasteiger partial charge in [0, 0.05) is 34.5 Å². The number of aryl methyl sites for hydroxylation is 1. The summed E-state index contributed by atoms with van der Waals surface area (Å²) in [6.07, 6.45) is 2.17. The van der Waals surface area contributed by atoms with Gasteiger partial charge in [-0.1, -0.05) is 11.6 Å². The van der Waals surface area contributed by atoms with Crippen molar-refractivity contribution in [2.24, 2.45) is 0 Å². The first-order valence-corrected chi connectivity index (χ1v) is 9.97. The van der Waals surface area contributed by atoms with Crippen LogP contribution >= 0.6 is 11.6 Å². The van der Waals surface area contributed by atoms with Gasteiger partial charge in [0.15, 0.2) is 0 Å². The third kappa shape index (κ3) is 4.40. The number of hydrogen-bond acceptors (Lipinski definition) is 4. The van der Waals surface area contributed by atoms with Crippen molar-refractivity contribution in [3.8, 4) is 11.6 Å². The van der Waals surface area contributed by atoms with Crippen molar-refractivity contribution < 1.29 is 13.5 Å². The van der Waals surface area contributed by atoms with Crippen molar-refractivity contribution >= 4 is 11.6 Å². The number of rotatable bonds is 5. The minimum Gasteiger partial charge on any atom is -0.474 e. The second-order valence-corrected chi connectivity index (χ2v) is 7.68. The minimum atomic E-state index is -2.52. The molecule has 1 aromatic carbocycles. The molecule has 0 saturated heterocycles. The van der Waals surface area contributed by atoms with Gasteiger partial charge in [-0.3, -0.25) is 4.57 Å². The average molecular weight is 419 g/mol. The number of hydrogen-bond donors (Lipinski definition) is 0. The van der Waals surface area contributed by atoms with Gasteiger partial charge in [-0.15, -0.1) is 10.2 Å². The van der Waals surface area contributed by atoms with Crippen molar-refractivity contribution in [2.45, 2.75) is 51.1 Å². The summed E-state index contributed by atoms with van der Waals surface area (Å²) < 4.78 is 33.2. The first-order valence-electron chi connectivity index (χ1n) is 9.60. The van der Waals surface area contributed by atoms with Crippen LogP contribution in [0.25, 0.3) is 5.69 Å². The van der Waals surface area contributed by atoms with E-state index < -0.39 is 6.43 Å². The smallest absolute Gasteiger partial charge is 0.265 e. The highest BCUT2D eigenvalue weighted by molar-refractivity contribution is 6.30. The fourth-order valence-corrected chi connectivity index (χ4v) is 3.88. The van der Waals surface area contributed by atoms with Gasteiger partial charge in [0.2, 0.25) is 5.88 Å². The lowest BCUT2D eigenvalue weighted by atomic mass is 9.86. The summed E-state index contributed by atoms with van der Waals surface area (Å²) in [5.74, 6) is 2.45. The monoisotopic (exact) mass is 418 g/mol. The number of halogens is 3. The van der Waals surface area contributed by atoms with E-state index in [1.54, 1.807) is 0 Å². The van der Waals surface area contributed by atoms with E-state index in [2.05, 4.69) is 19.7 Å². The molecule has 1 aliphatic rings. The Labute approximate surface area is 172 Å². The third-order valence-electron chi connectivity index (χ3n) is 5.27. The molecule has 1 aliphatic carbocycles. The Balaban J connectivity index is 1.42. The van der Waals surface area contributed by atoms with E-state index in [0.29, 0.717) is 10.9 Å². The minimum absolute atomic E-state index is 0.0177. The Morgan fingerprint density at radius 3 is 2.38 bits per heavy atom. The molecule has 2 heterocycles. The zero-order chi connectivity index (χ0) is 20.4. The normalized spacial score (nSPS) is 19.5. The zero-order valence-electron chi connectivity index (χ0n) is 15.9. The van der Waals surface area contributed by atoms with Crippen LogP contribution in [0, 0.1) is 6.92 Å². The summed E-state index contributed by atoms with van der Waals surface area (Å²) in [6, 6.07) is 10.5. The Morgan fingerprint density at radius 1 is 1.03 bits per heavy atom. The van der Waals surface area contributed by atoms with Crippen molar-refractivity contribution in [1.29, 1.82) is 0 Å². The zero-order valence-corrected chi connectivity index (χ0v) is 16.7. The standard InChI is InChI=1S/C21H21ClF2N4O/c1-13-26-27-21(28(13)17-7-5-16(22)6-8-17)14-2-9-18(10-3-14)29-19-11-4-15(12-25-19)20(23)24/h4-8,11-12,14,18,20H,2-3,9-10H2,1H3/t14-,18-. The third-order valence-corrected chi connectivity index (χ3v) is 5.52. The summed E-state index contributed by atoms with van der Waals surface area (Å²) >= 11 is 6.01. The Bertz CT molecular complexity index is 952. The maximum absolute atomic E-state index is 12.6. The number of pyridine rings is 1. The fraction of sp³-hybridized carbons (Fsp3) is 0.381. The SMILES string of the molecule is Cc1nnc([C@H]2CC[C@H](Oc3ccc(C(F)F)cn3)CC2)n1-c1ccc(Cl)cc1. The van der Waals surface area contributed by atoms with Gasteiger partial charge in [-0.25, -0.2) is 13.8 Å². The predicted octanol–water partition coefficient (Wildman–Crippen LogP) is 5.67. The van der Waals surface area contributed by atoms with Crippen molar-refractivity contribution in [3.05, 3.63) is 64.8 Å². The summed E-state index contributed by atoms with van der Waals surface area (Å²) in [7, 11) is 0. The molecule has 0 atom stereocenters. The summed E-state index contributed by atoms with van der Waals surface area (Å²) in [4.78, 5) is 4.00. The summed E-state index contributed by atoms with van der Waals surface area (Å²) in [5, 5.41) is 9.40. The highest BCUT2D eigenvalue weighted by Gasteiger charge is 2.28. The summed E-state index contributed by atoms with van der Waals surface area (Å²) in [6.45, 7) is 1.94. The number of aromatic nitrogens is 4. The van der Waals surface area contributed by atoms with E-state index in [1.807, 2.05) is 31.2 Å². The van der Waals surface area contributed by atoms with Crippen LogP contribution in [0.5, 0.6) is 5.88 Å². The molecule has 0 N–H and O–H groups in total. The van der Waals surface area contributed by atoms with Crippen molar-refractivity contribution in [3.63, 3.8) is 0 Å². The van der Waals surface area contributed by atoms with E-state index in [4.69, 9.17) is 16.3 Å². The molecule has 0 bridgehead atoms. The van der Waals surface area contributed by atoms with E-state index in [1.165, 1.54) is 18.3 Å². The predicted molar refractivity (Wildman–Crippen MR) is 106 cm³/mol. The molecule has 0 radical (unpaired) electrons. The van der Waals surface area contributed by atoms with Gasteiger partial charge in [-0.2, -0.15) is 0 Å². The van der Waals surface area contributed by atoms with Crippen LogP contribution in [0.1, 0.15) is 55.2 Å². The van der Waals surface area contributed by atoms with E-state index in [9.17, 15) is 8.78 Å². The first-order chi connectivity index (χ1) is 14.0. The molecule has 3 aromatic rings. The van der Waals surface area contributed by atoms with Crippen molar-refractivity contribution in [1.82, 2.24) is 19.7 Å². The Kier molecular flexibility index (Phi) is 5.76. The van der Waals surface area contributed by atoms with Gasteiger partial charge in [0.05, 0.1) is 0 Å². The number of ether oxygens (including phenoxy) is 1. The molecule has 2 aromatic heterocycles. The first kappa shape index (κ1) is 19.8. The maximum Gasteiger partial charge on any atom is 0.265 e. The Hall–Kier alpha value is -2.54. The second kappa shape index (κ2) is 8.45. The lowest BCUT2D eigenvalue weighted by Gasteiger charge is -2.28. The van der Waals surface area contributed by atoms with Gasteiger partial charge in [0.1, 0.15) is 17.8 Å². The fourth-order valence-electron chi connectivity index (χ4n) is 3.75. The molecular formula is C21H21ClF2N4O. The van der Waals surface area contributed by atoms with Crippen LogP contribution < -0.4 is 4.74 Å². The van der Waals surface area contributed by atoms with Crippen molar-refractivity contribution in [2.75, 3.05) is 0 Å². The quantitative estimate of drug-likeness (QED) is 0.536. The molecule has 0 spiro atoms. The number of alkyl halides is 2. The molecule has 5 nitrogen and oxygen atoms in total. The van der Waals surface area contributed by atoms with E-state index in [-0.39, 0.29) is 17.6 Å². The van der Waals surface area contributed by atoms with Gasteiger partial charge >= 0.3 is 0 Å². The lowest BCUT2D eigenvalue weighted by molar-refractivity contribution is 0.137. The molecule has 0 aliphatic heterocycles. The van der Waals surface area contributed by atoms with Crippen LogP contribution in [0.15, 0.2) is 42.6 Å². The molecule has 0 unspecified atom stereocenters. The van der Waals surface area contributed by atoms with Gasteiger partial charge < -0.3 is 4.74 Å². The van der Waals surface area contributed by atoms with Crippen LogP contribution in [0.3, 0.4) is 0 Å². The molecule has 152 valence electrons. The molecule has 29 heavy (non-hydrogen) atoms.